The topological polar surface area (TPSA) is 51.2 Å². The van der Waals surface area contributed by atoms with E-state index in [0.717, 1.165) is 30.2 Å². The number of nitrogens with one attached hydrogen (secondary N) is 1. The number of esters is 1. The van der Waals surface area contributed by atoms with E-state index in [0.29, 0.717) is 10.8 Å². The van der Waals surface area contributed by atoms with E-state index in [1.54, 1.807) is 0 Å². The van der Waals surface area contributed by atoms with Crippen molar-refractivity contribution in [1.29, 1.82) is 0 Å². The predicted molar refractivity (Wildman–Crippen MR) is 76.9 cm³/mol. The monoisotopic (exact) mass is 282 g/mol. The summed E-state index contributed by atoms with van der Waals surface area (Å²) in [5.41, 5.74) is 0.333. The van der Waals surface area contributed by atoms with Crippen LogP contribution in [0.4, 0.5) is 0 Å². The van der Waals surface area contributed by atoms with Crippen molar-refractivity contribution < 1.29 is 9.53 Å². The Hall–Kier alpha value is -0.940. The van der Waals surface area contributed by atoms with Crippen LogP contribution in [0.25, 0.3) is 0 Å². The zero-order chi connectivity index (χ0) is 14.0. The minimum Gasteiger partial charge on any atom is -0.456 e. The van der Waals surface area contributed by atoms with Gasteiger partial charge in [0.05, 0.1) is 10.7 Å². The molecular weight excluding hydrogens is 260 g/mol. The fourth-order valence-corrected chi connectivity index (χ4v) is 3.25. The van der Waals surface area contributed by atoms with Crippen LogP contribution >= 0.6 is 11.3 Å². The minimum absolute atomic E-state index is 0.252. The third-order valence-corrected chi connectivity index (χ3v) is 4.34. The highest BCUT2D eigenvalue weighted by Gasteiger charge is 2.25. The van der Waals surface area contributed by atoms with Gasteiger partial charge in [-0.25, -0.2) is 9.78 Å². The van der Waals surface area contributed by atoms with E-state index in [-0.39, 0.29) is 5.97 Å². The molecule has 0 spiro atoms. The molecule has 1 fully saturated rings. The molecule has 1 aliphatic rings. The largest absolute Gasteiger partial charge is 0.456 e. The van der Waals surface area contributed by atoms with Gasteiger partial charge >= 0.3 is 5.97 Å². The van der Waals surface area contributed by atoms with Crippen molar-refractivity contribution in [2.24, 2.45) is 0 Å². The molecule has 0 radical (unpaired) electrons. The van der Waals surface area contributed by atoms with Gasteiger partial charge in [0.1, 0.15) is 10.5 Å². The molecule has 1 aromatic heterocycles. The first-order valence-corrected chi connectivity index (χ1v) is 7.60. The molecule has 0 bridgehead atoms. The lowest BCUT2D eigenvalue weighted by atomic mass is 10.0. The number of nitrogens with zero attached hydrogens (tertiary/aromatic N) is 1. The summed E-state index contributed by atoms with van der Waals surface area (Å²) in [5.74, 6) is 0.186. The zero-order valence-electron chi connectivity index (χ0n) is 12.1. The summed E-state index contributed by atoms with van der Waals surface area (Å²) in [4.78, 5) is 17.3. The Morgan fingerprint density at radius 3 is 2.79 bits per heavy atom. The normalized spacial score (nSPS) is 20.3. The van der Waals surface area contributed by atoms with E-state index < -0.39 is 5.60 Å². The standard InChI is InChI=1S/C14H22N2O2S/c1-9-11(13(17)18-14(2,3)4)19-12(16-9)10-6-5-7-15-8-10/h10,15H,5-8H2,1-4H3. The first kappa shape index (κ1) is 14.5. The highest BCUT2D eigenvalue weighted by Crippen LogP contribution is 2.30. The molecule has 1 N–H and O–H groups in total. The summed E-state index contributed by atoms with van der Waals surface area (Å²) >= 11 is 1.49. The zero-order valence-corrected chi connectivity index (χ0v) is 12.9. The summed E-state index contributed by atoms with van der Waals surface area (Å²) < 4.78 is 5.42. The highest BCUT2D eigenvalue weighted by atomic mass is 32.1. The average Bonchev–Trinajstić information content (AvgIpc) is 2.70. The Bertz CT molecular complexity index is 457. The molecule has 1 unspecified atom stereocenters. The Balaban J connectivity index is 2.14. The first-order valence-electron chi connectivity index (χ1n) is 6.78. The number of ether oxygens (including phenoxy) is 1. The van der Waals surface area contributed by atoms with Gasteiger partial charge in [-0.3, -0.25) is 0 Å². The van der Waals surface area contributed by atoms with Crippen molar-refractivity contribution in [3.8, 4) is 0 Å². The SMILES string of the molecule is Cc1nc(C2CCCNC2)sc1C(=O)OC(C)(C)C. The lowest BCUT2D eigenvalue weighted by Crippen LogP contribution is -2.28. The lowest BCUT2D eigenvalue weighted by Gasteiger charge is -2.20. The van der Waals surface area contributed by atoms with E-state index >= 15 is 0 Å². The van der Waals surface area contributed by atoms with Crippen LogP contribution in [-0.2, 0) is 4.74 Å². The fraction of sp³-hybridized carbons (Fsp3) is 0.714. The van der Waals surface area contributed by atoms with Crippen LogP contribution in [0.2, 0.25) is 0 Å². The van der Waals surface area contributed by atoms with E-state index in [2.05, 4.69) is 10.3 Å². The Labute approximate surface area is 118 Å². The van der Waals surface area contributed by atoms with Crippen LogP contribution in [0.5, 0.6) is 0 Å². The average molecular weight is 282 g/mol. The summed E-state index contributed by atoms with van der Waals surface area (Å²) in [6.45, 7) is 9.57. The van der Waals surface area contributed by atoms with Gasteiger partial charge < -0.3 is 10.1 Å². The summed E-state index contributed by atoms with van der Waals surface area (Å²) in [6.07, 6.45) is 2.32. The van der Waals surface area contributed by atoms with E-state index in [9.17, 15) is 4.79 Å². The van der Waals surface area contributed by atoms with Gasteiger partial charge in [-0.05, 0) is 47.1 Å². The molecule has 2 heterocycles. The molecule has 19 heavy (non-hydrogen) atoms. The van der Waals surface area contributed by atoms with Gasteiger partial charge in [-0.1, -0.05) is 0 Å². The van der Waals surface area contributed by atoms with Gasteiger partial charge in [0.25, 0.3) is 0 Å². The molecular formula is C14H22N2O2S. The number of thiazole rings is 1. The second-order valence-corrected chi connectivity index (χ2v) is 7.04. The second-order valence-electron chi connectivity index (χ2n) is 6.01. The van der Waals surface area contributed by atoms with Crippen LogP contribution in [0.1, 0.15) is 59.9 Å². The summed E-state index contributed by atoms with van der Waals surface area (Å²) in [6, 6.07) is 0. The molecule has 0 amide bonds. The van der Waals surface area contributed by atoms with E-state index in [4.69, 9.17) is 4.74 Å². The molecule has 106 valence electrons. The fourth-order valence-electron chi connectivity index (χ4n) is 2.17. The summed E-state index contributed by atoms with van der Waals surface area (Å²) in [5, 5.41) is 4.44. The number of piperidine rings is 1. The molecule has 1 aliphatic heterocycles. The number of carbonyl (C=O) groups excluding carboxylic acids is 1. The van der Waals surface area contributed by atoms with Gasteiger partial charge in [-0.2, -0.15) is 0 Å². The Morgan fingerprint density at radius 1 is 1.47 bits per heavy atom. The minimum atomic E-state index is -0.458. The third kappa shape index (κ3) is 3.76. The molecule has 1 aromatic rings. The third-order valence-electron chi connectivity index (χ3n) is 3.04. The Morgan fingerprint density at radius 2 is 2.21 bits per heavy atom. The smallest absolute Gasteiger partial charge is 0.350 e. The lowest BCUT2D eigenvalue weighted by molar-refractivity contribution is 0.00742. The predicted octanol–water partition coefficient (Wildman–Crippen LogP) is 2.87. The molecule has 1 atom stereocenters. The maximum Gasteiger partial charge on any atom is 0.350 e. The van der Waals surface area contributed by atoms with Gasteiger partial charge in [0.15, 0.2) is 0 Å². The number of hydrogen-bond donors (Lipinski definition) is 1. The van der Waals surface area contributed by atoms with Crippen LogP contribution in [-0.4, -0.2) is 29.6 Å². The van der Waals surface area contributed by atoms with E-state index in [1.807, 2.05) is 27.7 Å². The van der Waals surface area contributed by atoms with Crippen molar-refractivity contribution in [3.63, 3.8) is 0 Å². The molecule has 0 aliphatic carbocycles. The molecule has 0 saturated carbocycles. The van der Waals surface area contributed by atoms with Crippen molar-refractivity contribution in [2.45, 2.75) is 52.1 Å². The second kappa shape index (κ2) is 5.59. The number of aromatic nitrogens is 1. The van der Waals surface area contributed by atoms with Crippen molar-refractivity contribution in [2.75, 3.05) is 13.1 Å². The number of hydrogen-bond acceptors (Lipinski definition) is 5. The maximum atomic E-state index is 12.1. The maximum absolute atomic E-state index is 12.1. The number of rotatable bonds is 2. The Kier molecular flexibility index (Phi) is 4.26. The van der Waals surface area contributed by atoms with Gasteiger partial charge in [0.2, 0.25) is 0 Å². The van der Waals surface area contributed by atoms with Crippen LogP contribution in [0.3, 0.4) is 0 Å². The van der Waals surface area contributed by atoms with Crippen LogP contribution < -0.4 is 5.32 Å². The van der Waals surface area contributed by atoms with Crippen LogP contribution in [0, 0.1) is 6.92 Å². The van der Waals surface area contributed by atoms with Crippen molar-refractivity contribution in [1.82, 2.24) is 10.3 Å². The van der Waals surface area contributed by atoms with Crippen LogP contribution in [0.15, 0.2) is 0 Å². The van der Waals surface area contributed by atoms with Crippen molar-refractivity contribution in [3.05, 3.63) is 15.6 Å². The number of aryl methyl sites for hydroxylation is 1. The van der Waals surface area contributed by atoms with E-state index in [1.165, 1.54) is 17.8 Å². The van der Waals surface area contributed by atoms with Gasteiger partial charge in [-0.15, -0.1) is 11.3 Å². The molecule has 5 heteroatoms. The molecule has 4 nitrogen and oxygen atoms in total. The molecule has 1 saturated heterocycles. The summed E-state index contributed by atoms with van der Waals surface area (Å²) in [7, 11) is 0. The quantitative estimate of drug-likeness (QED) is 0.847. The number of carbonyl (C=O) groups is 1. The molecule has 2 rings (SSSR count). The van der Waals surface area contributed by atoms with Gasteiger partial charge in [0, 0.05) is 12.5 Å². The molecule has 0 aromatic carbocycles. The highest BCUT2D eigenvalue weighted by molar-refractivity contribution is 7.13. The van der Waals surface area contributed by atoms with Crippen molar-refractivity contribution >= 4 is 17.3 Å². The first-order chi connectivity index (χ1) is 8.87.